The Bertz CT molecular complexity index is 602. The molecule has 0 unspecified atom stereocenters. The van der Waals surface area contributed by atoms with E-state index >= 15 is 0 Å². The summed E-state index contributed by atoms with van der Waals surface area (Å²) in [4.78, 5) is 24.4. The molecule has 1 atom stereocenters. The summed E-state index contributed by atoms with van der Waals surface area (Å²) in [7, 11) is 1.34. The average Bonchev–Trinajstić information content (AvgIpc) is 3.13. The normalized spacial score (nSPS) is 26.3. The fraction of sp³-hybridized carbons (Fsp3) is 0.600. The van der Waals surface area contributed by atoms with Gasteiger partial charge in [0.25, 0.3) is 0 Å². The molecular formula is C20H27NO5. The molecule has 1 aromatic carbocycles. The summed E-state index contributed by atoms with van der Waals surface area (Å²) in [5.74, 6) is -0.378. The zero-order valence-electron chi connectivity index (χ0n) is 15.2. The number of carbonyl (C=O) groups excluding carboxylic acids is 2. The second-order valence-corrected chi connectivity index (χ2v) is 7.18. The Labute approximate surface area is 154 Å². The van der Waals surface area contributed by atoms with Gasteiger partial charge in [-0.25, -0.2) is 9.59 Å². The zero-order valence-corrected chi connectivity index (χ0v) is 15.2. The first kappa shape index (κ1) is 18.7. The van der Waals surface area contributed by atoms with E-state index in [1.165, 1.54) is 7.11 Å². The van der Waals surface area contributed by atoms with Crippen molar-refractivity contribution in [2.45, 2.75) is 56.8 Å². The van der Waals surface area contributed by atoms with Crippen molar-refractivity contribution in [3.05, 3.63) is 35.9 Å². The molecule has 2 fully saturated rings. The van der Waals surface area contributed by atoms with Crippen LogP contribution in [0.25, 0.3) is 0 Å². The van der Waals surface area contributed by atoms with Crippen LogP contribution in [0.15, 0.2) is 30.3 Å². The lowest BCUT2D eigenvalue weighted by Gasteiger charge is -2.38. The predicted octanol–water partition coefficient (Wildman–Crippen LogP) is 3.19. The van der Waals surface area contributed by atoms with Crippen LogP contribution in [-0.2, 0) is 25.6 Å². The molecule has 1 aromatic rings. The quantitative estimate of drug-likeness (QED) is 0.815. The number of amides is 1. The first-order valence-corrected chi connectivity index (χ1v) is 9.31. The van der Waals surface area contributed by atoms with Crippen molar-refractivity contribution in [1.29, 1.82) is 0 Å². The van der Waals surface area contributed by atoms with Gasteiger partial charge in [-0.15, -0.1) is 0 Å². The first-order chi connectivity index (χ1) is 12.6. The number of hydrogen-bond donors (Lipinski definition) is 1. The largest absolute Gasteiger partial charge is 0.467 e. The summed E-state index contributed by atoms with van der Waals surface area (Å²) in [5.41, 5.74) is 0.889. The maximum Gasteiger partial charge on any atom is 0.408 e. The minimum atomic E-state index is -0.679. The number of carbonyl (C=O) groups is 2. The molecule has 1 N–H and O–H groups in total. The third-order valence-corrected chi connectivity index (χ3v) is 5.54. The second kappa shape index (κ2) is 8.54. The van der Waals surface area contributed by atoms with E-state index in [1.54, 1.807) is 0 Å². The average molecular weight is 361 g/mol. The van der Waals surface area contributed by atoms with Gasteiger partial charge in [0.1, 0.15) is 12.6 Å². The van der Waals surface area contributed by atoms with Gasteiger partial charge < -0.3 is 19.5 Å². The van der Waals surface area contributed by atoms with Gasteiger partial charge in [0, 0.05) is 6.61 Å². The number of alkyl carbamates (subject to hydrolysis) is 1. The summed E-state index contributed by atoms with van der Waals surface area (Å²) >= 11 is 0. The highest BCUT2D eigenvalue weighted by Gasteiger charge is 2.42. The molecule has 3 rings (SSSR count). The van der Waals surface area contributed by atoms with Crippen LogP contribution in [0, 0.1) is 5.92 Å². The maximum absolute atomic E-state index is 12.2. The number of benzene rings is 1. The molecule has 1 spiro atoms. The third kappa shape index (κ3) is 4.55. The molecule has 1 aliphatic carbocycles. The van der Waals surface area contributed by atoms with E-state index in [2.05, 4.69) is 5.32 Å². The van der Waals surface area contributed by atoms with Gasteiger partial charge in [0.2, 0.25) is 0 Å². The van der Waals surface area contributed by atoms with Gasteiger partial charge in [-0.2, -0.15) is 0 Å². The highest BCUT2D eigenvalue weighted by atomic mass is 16.6. The van der Waals surface area contributed by atoms with E-state index in [-0.39, 0.29) is 18.1 Å². The molecule has 0 bridgehead atoms. The zero-order chi connectivity index (χ0) is 18.4. The third-order valence-electron chi connectivity index (χ3n) is 5.54. The Morgan fingerprint density at radius 3 is 2.58 bits per heavy atom. The predicted molar refractivity (Wildman–Crippen MR) is 95.4 cm³/mol. The van der Waals surface area contributed by atoms with Crippen LogP contribution in [0.2, 0.25) is 0 Å². The molecule has 1 saturated heterocycles. The first-order valence-electron chi connectivity index (χ1n) is 9.31. The van der Waals surface area contributed by atoms with Crippen LogP contribution in [0.3, 0.4) is 0 Å². The minimum Gasteiger partial charge on any atom is -0.467 e. The van der Waals surface area contributed by atoms with E-state index < -0.39 is 18.1 Å². The van der Waals surface area contributed by atoms with Crippen molar-refractivity contribution in [3.63, 3.8) is 0 Å². The summed E-state index contributed by atoms with van der Waals surface area (Å²) in [6.45, 7) is 0.997. The fourth-order valence-electron chi connectivity index (χ4n) is 4.04. The van der Waals surface area contributed by atoms with Gasteiger partial charge in [-0.1, -0.05) is 30.3 Å². The molecule has 6 nitrogen and oxygen atoms in total. The van der Waals surface area contributed by atoms with Crippen molar-refractivity contribution in [1.82, 2.24) is 5.32 Å². The van der Waals surface area contributed by atoms with Crippen molar-refractivity contribution < 1.29 is 23.8 Å². The summed E-state index contributed by atoms with van der Waals surface area (Å²) in [6.07, 6.45) is 5.11. The number of hydrogen-bond acceptors (Lipinski definition) is 5. The van der Waals surface area contributed by atoms with Gasteiger partial charge in [0.15, 0.2) is 0 Å². The molecule has 0 radical (unpaired) electrons. The fourth-order valence-corrected chi connectivity index (χ4v) is 4.04. The Morgan fingerprint density at radius 1 is 1.23 bits per heavy atom. The number of esters is 1. The maximum atomic E-state index is 12.2. The van der Waals surface area contributed by atoms with Crippen LogP contribution >= 0.6 is 0 Å². The monoisotopic (exact) mass is 361 g/mol. The molecule has 26 heavy (non-hydrogen) atoms. The lowest BCUT2D eigenvalue weighted by atomic mass is 9.75. The Balaban J connectivity index is 1.54. The van der Waals surface area contributed by atoms with E-state index in [0.29, 0.717) is 0 Å². The summed E-state index contributed by atoms with van der Waals surface area (Å²) in [5, 5.41) is 2.71. The second-order valence-electron chi connectivity index (χ2n) is 7.18. The highest BCUT2D eigenvalue weighted by Crippen LogP contribution is 2.42. The molecule has 2 aliphatic rings. The van der Waals surface area contributed by atoms with Crippen molar-refractivity contribution >= 4 is 12.1 Å². The smallest absolute Gasteiger partial charge is 0.408 e. The van der Waals surface area contributed by atoms with Crippen molar-refractivity contribution in [2.24, 2.45) is 5.92 Å². The van der Waals surface area contributed by atoms with Crippen LogP contribution in [0.4, 0.5) is 4.79 Å². The number of nitrogens with one attached hydrogen (secondary N) is 1. The van der Waals surface area contributed by atoms with Crippen LogP contribution in [0.1, 0.15) is 44.1 Å². The van der Waals surface area contributed by atoms with Gasteiger partial charge in [-0.3, -0.25) is 0 Å². The van der Waals surface area contributed by atoms with E-state index in [0.717, 1.165) is 50.7 Å². The van der Waals surface area contributed by atoms with Crippen LogP contribution in [-0.4, -0.2) is 37.4 Å². The summed E-state index contributed by atoms with van der Waals surface area (Å²) in [6, 6.07) is 8.76. The van der Waals surface area contributed by atoms with E-state index in [1.807, 2.05) is 30.3 Å². The Kier molecular flexibility index (Phi) is 6.14. The van der Waals surface area contributed by atoms with Crippen LogP contribution in [0.5, 0.6) is 0 Å². The molecular weight excluding hydrogens is 334 g/mol. The number of rotatable bonds is 5. The van der Waals surface area contributed by atoms with E-state index in [9.17, 15) is 9.59 Å². The summed E-state index contributed by atoms with van der Waals surface area (Å²) < 4.78 is 16.1. The van der Waals surface area contributed by atoms with Gasteiger partial charge >= 0.3 is 12.1 Å². The Morgan fingerprint density at radius 2 is 1.96 bits per heavy atom. The van der Waals surface area contributed by atoms with Crippen molar-refractivity contribution in [3.8, 4) is 0 Å². The topological polar surface area (TPSA) is 73.9 Å². The lowest BCUT2D eigenvalue weighted by Crippen LogP contribution is -2.49. The SMILES string of the molecule is COC(=O)[C@@H](NC(=O)OCc1ccccc1)C1CCC2(CCCO2)CC1. The Hall–Kier alpha value is -2.08. The van der Waals surface area contributed by atoms with Crippen molar-refractivity contribution in [2.75, 3.05) is 13.7 Å². The van der Waals surface area contributed by atoms with E-state index in [4.69, 9.17) is 14.2 Å². The standard InChI is InChI=1S/C20H27NO5/c1-24-18(22)17(16-8-11-20(12-9-16)10-5-13-26-20)21-19(23)25-14-15-6-3-2-4-7-15/h2-4,6-7,16-17H,5,8-14H2,1H3,(H,21,23)/t16?,17-,20?/m0/s1. The molecule has 6 heteroatoms. The molecule has 1 aliphatic heterocycles. The molecule has 1 saturated carbocycles. The molecule has 0 aromatic heterocycles. The van der Waals surface area contributed by atoms with Gasteiger partial charge in [0.05, 0.1) is 12.7 Å². The lowest BCUT2D eigenvalue weighted by molar-refractivity contribution is -0.145. The van der Waals surface area contributed by atoms with Gasteiger partial charge in [-0.05, 0) is 50.0 Å². The minimum absolute atomic E-state index is 0.00894. The molecule has 142 valence electrons. The number of methoxy groups -OCH3 is 1. The molecule has 1 heterocycles. The highest BCUT2D eigenvalue weighted by molar-refractivity contribution is 5.81. The number of ether oxygens (including phenoxy) is 3. The molecule has 1 amide bonds. The van der Waals surface area contributed by atoms with Crippen LogP contribution < -0.4 is 5.32 Å².